The summed E-state index contributed by atoms with van der Waals surface area (Å²) in [5, 5.41) is 9.32. The van der Waals surface area contributed by atoms with Crippen molar-refractivity contribution in [3.63, 3.8) is 0 Å². The number of halogens is 2. The first-order valence-electron chi connectivity index (χ1n) is 5.88. The minimum absolute atomic E-state index is 0.173. The highest BCUT2D eigenvalue weighted by Crippen LogP contribution is 2.37. The number of rotatable bonds is 2. The number of nitriles is 1. The molecule has 1 aliphatic heterocycles. The van der Waals surface area contributed by atoms with E-state index in [-0.39, 0.29) is 25.4 Å². The molecule has 2 unspecified atom stereocenters. The van der Waals surface area contributed by atoms with Gasteiger partial charge in [-0.3, -0.25) is 4.90 Å². The molecule has 0 aromatic carbocycles. The zero-order valence-corrected chi connectivity index (χ0v) is 11.2. The van der Waals surface area contributed by atoms with E-state index in [0.29, 0.717) is 0 Å². The van der Waals surface area contributed by atoms with Gasteiger partial charge >= 0.3 is 0 Å². The van der Waals surface area contributed by atoms with Gasteiger partial charge in [-0.1, -0.05) is 0 Å². The number of aryl methyl sites for hydroxylation is 1. The van der Waals surface area contributed by atoms with Gasteiger partial charge in [0, 0.05) is 25.4 Å². The highest BCUT2D eigenvalue weighted by atomic mass is 32.1. The van der Waals surface area contributed by atoms with E-state index in [4.69, 9.17) is 0 Å². The zero-order valence-electron chi connectivity index (χ0n) is 10.4. The van der Waals surface area contributed by atoms with Crippen molar-refractivity contribution >= 4 is 11.3 Å². The molecule has 1 aromatic rings. The molecule has 0 bridgehead atoms. The van der Waals surface area contributed by atoms with Crippen molar-refractivity contribution in [2.24, 2.45) is 0 Å². The van der Waals surface area contributed by atoms with Crippen LogP contribution in [0.3, 0.4) is 0 Å². The van der Waals surface area contributed by atoms with Crippen LogP contribution in [0.4, 0.5) is 8.78 Å². The second-order valence-electron chi connectivity index (χ2n) is 4.73. The van der Waals surface area contributed by atoms with Crippen LogP contribution in [0.1, 0.15) is 36.4 Å². The Morgan fingerprint density at radius 1 is 1.67 bits per heavy atom. The molecule has 0 saturated carbocycles. The Hall–Kier alpha value is -1.06. The van der Waals surface area contributed by atoms with Crippen LogP contribution in [-0.2, 0) is 0 Å². The third-order valence-corrected chi connectivity index (χ3v) is 4.36. The SMILES string of the molecule is Cc1ncsc1C(C#N)N1CCC(F)(F)CC1C. The first-order chi connectivity index (χ1) is 8.44. The van der Waals surface area contributed by atoms with Crippen LogP contribution < -0.4 is 0 Å². The molecule has 0 N–H and O–H groups in total. The Morgan fingerprint density at radius 2 is 2.39 bits per heavy atom. The molecule has 0 aliphatic carbocycles. The number of hydrogen-bond acceptors (Lipinski definition) is 4. The third kappa shape index (κ3) is 2.52. The summed E-state index contributed by atoms with van der Waals surface area (Å²) in [6.07, 6.45) is -0.351. The average molecular weight is 271 g/mol. The van der Waals surface area contributed by atoms with Crippen LogP contribution in [0.5, 0.6) is 0 Å². The topological polar surface area (TPSA) is 39.9 Å². The monoisotopic (exact) mass is 271 g/mol. The molecular weight excluding hydrogens is 256 g/mol. The maximum absolute atomic E-state index is 13.3. The van der Waals surface area contributed by atoms with Crippen LogP contribution in [0.2, 0.25) is 0 Å². The van der Waals surface area contributed by atoms with Gasteiger partial charge in [-0.25, -0.2) is 13.8 Å². The van der Waals surface area contributed by atoms with Crippen molar-refractivity contribution in [1.82, 2.24) is 9.88 Å². The smallest absolute Gasteiger partial charge is 0.250 e. The van der Waals surface area contributed by atoms with Crippen molar-refractivity contribution in [3.8, 4) is 6.07 Å². The second kappa shape index (κ2) is 4.90. The van der Waals surface area contributed by atoms with Gasteiger partial charge in [0.05, 0.1) is 22.2 Å². The van der Waals surface area contributed by atoms with Crippen LogP contribution in [-0.4, -0.2) is 28.4 Å². The lowest BCUT2D eigenvalue weighted by molar-refractivity contribution is -0.0798. The van der Waals surface area contributed by atoms with E-state index in [0.717, 1.165) is 10.6 Å². The minimum Gasteiger partial charge on any atom is -0.280 e. The van der Waals surface area contributed by atoms with E-state index in [1.807, 2.05) is 11.8 Å². The van der Waals surface area contributed by atoms with Crippen LogP contribution in [0.15, 0.2) is 5.51 Å². The molecule has 1 aliphatic rings. The van der Waals surface area contributed by atoms with E-state index in [1.165, 1.54) is 11.3 Å². The lowest BCUT2D eigenvalue weighted by atomic mass is 9.97. The highest BCUT2D eigenvalue weighted by molar-refractivity contribution is 7.09. The van der Waals surface area contributed by atoms with Crippen LogP contribution >= 0.6 is 11.3 Å². The maximum Gasteiger partial charge on any atom is 0.250 e. The van der Waals surface area contributed by atoms with Crippen molar-refractivity contribution in [3.05, 3.63) is 16.1 Å². The lowest BCUT2D eigenvalue weighted by Gasteiger charge is -2.39. The predicted molar refractivity (Wildman–Crippen MR) is 65.6 cm³/mol. The predicted octanol–water partition coefficient (Wildman–Crippen LogP) is 3.14. The molecule has 2 heterocycles. The lowest BCUT2D eigenvalue weighted by Crippen LogP contribution is -2.46. The summed E-state index contributed by atoms with van der Waals surface area (Å²) in [5.41, 5.74) is 2.51. The van der Waals surface area contributed by atoms with Gasteiger partial charge in [-0.2, -0.15) is 5.26 Å². The molecule has 1 aromatic heterocycles. The molecule has 0 amide bonds. The van der Waals surface area contributed by atoms with Gasteiger partial charge in [0.25, 0.3) is 5.92 Å². The summed E-state index contributed by atoms with van der Waals surface area (Å²) in [5.74, 6) is -2.60. The molecule has 18 heavy (non-hydrogen) atoms. The van der Waals surface area contributed by atoms with Gasteiger partial charge in [0.2, 0.25) is 0 Å². The van der Waals surface area contributed by atoms with E-state index in [2.05, 4.69) is 11.1 Å². The largest absolute Gasteiger partial charge is 0.280 e. The molecule has 2 rings (SSSR count). The third-order valence-electron chi connectivity index (χ3n) is 3.38. The fraction of sp³-hybridized carbons (Fsp3) is 0.667. The summed E-state index contributed by atoms with van der Waals surface area (Å²) in [6.45, 7) is 3.86. The van der Waals surface area contributed by atoms with E-state index < -0.39 is 12.0 Å². The summed E-state index contributed by atoms with van der Waals surface area (Å²) >= 11 is 1.42. The Labute approximate surface area is 109 Å². The van der Waals surface area contributed by atoms with Gasteiger partial charge in [-0.05, 0) is 13.8 Å². The standard InChI is InChI=1S/C12H15F2N3S/c1-8-5-12(13,14)3-4-17(8)10(6-15)11-9(2)16-7-18-11/h7-8,10H,3-5H2,1-2H3. The van der Waals surface area contributed by atoms with E-state index in [9.17, 15) is 14.0 Å². The number of hydrogen-bond donors (Lipinski definition) is 0. The van der Waals surface area contributed by atoms with Crippen molar-refractivity contribution in [1.29, 1.82) is 5.26 Å². The Morgan fingerprint density at radius 3 is 2.89 bits per heavy atom. The van der Waals surface area contributed by atoms with E-state index in [1.54, 1.807) is 12.4 Å². The van der Waals surface area contributed by atoms with E-state index >= 15 is 0 Å². The average Bonchev–Trinajstić information content (AvgIpc) is 2.68. The normalized spacial score (nSPS) is 25.6. The number of thiazole rings is 1. The molecule has 3 nitrogen and oxygen atoms in total. The molecular formula is C12H15F2N3S. The Kier molecular flexibility index (Phi) is 3.64. The Balaban J connectivity index is 2.21. The number of alkyl halides is 2. The van der Waals surface area contributed by atoms with Gasteiger partial charge in [0.15, 0.2) is 0 Å². The van der Waals surface area contributed by atoms with Gasteiger partial charge in [0.1, 0.15) is 6.04 Å². The number of likely N-dealkylation sites (tertiary alicyclic amines) is 1. The van der Waals surface area contributed by atoms with Crippen molar-refractivity contribution in [2.75, 3.05) is 6.54 Å². The summed E-state index contributed by atoms with van der Waals surface area (Å²) in [6, 6.07) is 1.48. The summed E-state index contributed by atoms with van der Waals surface area (Å²) in [7, 11) is 0. The highest BCUT2D eigenvalue weighted by Gasteiger charge is 2.41. The first kappa shape index (κ1) is 13.4. The van der Waals surface area contributed by atoms with Gasteiger partial charge in [-0.15, -0.1) is 11.3 Å². The summed E-state index contributed by atoms with van der Waals surface area (Å²) in [4.78, 5) is 6.86. The summed E-state index contributed by atoms with van der Waals surface area (Å²) < 4.78 is 26.6. The number of nitrogens with zero attached hydrogens (tertiary/aromatic N) is 3. The molecule has 6 heteroatoms. The quantitative estimate of drug-likeness (QED) is 0.829. The number of piperidine rings is 1. The molecule has 0 spiro atoms. The fourth-order valence-electron chi connectivity index (χ4n) is 2.40. The maximum atomic E-state index is 13.3. The van der Waals surface area contributed by atoms with Gasteiger partial charge < -0.3 is 0 Å². The first-order valence-corrected chi connectivity index (χ1v) is 6.76. The van der Waals surface area contributed by atoms with Crippen LogP contribution in [0.25, 0.3) is 0 Å². The molecule has 1 fully saturated rings. The van der Waals surface area contributed by atoms with Crippen LogP contribution in [0, 0.1) is 18.3 Å². The minimum atomic E-state index is -2.60. The molecule has 0 radical (unpaired) electrons. The van der Waals surface area contributed by atoms with Crippen molar-refractivity contribution < 1.29 is 8.78 Å². The zero-order chi connectivity index (χ0) is 13.3. The number of aromatic nitrogens is 1. The second-order valence-corrected chi connectivity index (χ2v) is 5.62. The van der Waals surface area contributed by atoms with Crippen molar-refractivity contribution in [2.45, 2.75) is 44.7 Å². The molecule has 1 saturated heterocycles. The molecule has 98 valence electrons. The fourth-order valence-corrected chi connectivity index (χ4v) is 3.27. The molecule has 2 atom stereocenters. The Bertz CT molecular complexity index is 466.